The molecular weight excluding hydrogens is 186 g/mol. The quantitative estimate of drug-likeness (QED) is 0.620. The van der Waals surface area contributed by atoms with Crippen LogP contribution in [0.3, 0.4) is 0 Å². The van der Waals surface area contributed by atoms with Crippen molar-refractivity contribution in [3.8, 4) is 0 Å². The lowest BCUT2D eigenvalue weighted by molar-refractivity contribution is -0.119. The lowest BCUT2D eigenvalue weighted by atomic mass is 10.1. The van der Waals surface area contributed by atoms with Gasteiger partial charge in [0.15, 0.2) is 0 Å². The Hall–Kier alpha value is -0.350. The Balaban J connectivity index is 3.54. The number of likely N-dealkylation sites (N-methyl/N-ethyl adjacent to an activating group) is 1. The Morgan fingerprint density at radius 1 is 1.54 bits per heavy atom. The highest BCUT2D eigenvalue weighted by Gasteiger charge is 2.09. The standard InChI is InChI=1S/C9H17NO2S/c1-7(2)9(12)6-13-5-8(4-11)10-3/h4,7-8,10H,5-6H2,1-3H3. The van der Waals surface area contributed by atoms with Crippen molar-refractivity contribution in [2.45, 2.75) is 19.9 Å². The number of nitrogens with one attached hydrogen (secondary N) is 1. The molecule has 0 aliphatic carbocycles. The van der Waals surface area contributed by atoms with E-state index in [0.717, 1.165) is 6.29 Å². The molecule has 3 nitrogen and oxygen atoms in total. The van der Waals surface area contributed by atoms with Crippen LogP contribution in [0.5, 0.6) is 0 Å². The van der Waals surface area contributed by atoms with Crippen molar-refractivity contribution in [1.29, 1.82) is 0 Å². The second-order valence-electron chi connectivity index (χ2n) is 3.17. The fourth-order valence-electron chi connectivity index (χ4n) is 0.644. The molecule has 0 bridgehead atoms. The Labute approximate surface area is 83.7 Å². The number of thioether (sulfide) groups is 1. The summed E-state index contributed by atoms with van der Waals surface area (Å²) >= 11 is 1.50. The third-order valence-electron chi connectivity index (χ3n) is 1.72. The summed E-state index contributed by atoms with van der Waals surface area (Å²) in [6.45, 7) is 3.77. The molecule has 0 aliphatic rings. The van der Waals surface area contributed by atoms with Crippen LogP contribution in [-0.2, 0) is 9.59 Å². The van der Waals surface area contributed by atoms with Gasteiger partial charge in [-0.15, -0.1) is 0 Å². The Morgan fingerprint density at radius 2 is 2.15 bits per heavy atom. The monoisotopic (exact) mass is 203 g/mol. The summed E-state index contributed by atoms with van der Waals surface area (Å²) in [6.07, 6.45) is 0.868. The summed E-state index contributed by atoms with van der Waals surface area (Å²) in [7, 11) is 1.74. The average molecular weight is 203 g/mol. The van der Waals surface area contributed by atoms with E-state index in [9.17, 15) is 9.59 Å². The topological polar surface area (TPSA) is 46.2 Å². The van der Waals surface area contributed by atoms with E-state index in [-0.39, 0.29) is 17.7 Å². The Bertz CT molecular complexity index is 171. The van der Waals surface area contributed by atoms with Gasteiger partial charge in [0.2, 0.25) is 0 Å². The van der Waals surface area contributed by atoms with Gasteiger partial charge < -0.3 is 10.1 Å². The van der Waals surface area contributed by atoms with Crippen LogP contribution < -0.4 is 5.32 Å². The predicted molar refractivity (Wildman–Crippen MR) is 56.1 cm³/mol. The minimum atomic E-state index is -0.134. The molecule has 0 saturated carbocycles. The molecule has 0 aromatic heterocycles. The van der Waals surface area contributed by atoms with Crippen molar-refractivity contribution in [3.63, 3.8) is 0 Å². The Morgan fingerprint density at radius 3 is 2.54 bits per heavy atom. The summed E-state index contributed by atoms with van der Waals surface area (Å²) in [5.74, 6) is 1.50. The lowest BCUT2D eigenvalue weighted by Crippen LogP contribution is -2.29. The van der Waals surface area contributed by atoms with E-state index in [1.54, 1.807) is 7.05 Å². The number of hydrogen-bond donors (Lipinski definition) is 1. The third kappa shape index (κ3) is 5.82. The molecule has 0 aromatic carbocycles. The van der Waals surface area contributed by atoms with Crippen molar-refractivity contribution < 1.29 is 9.59 Å². The highest BCUT2D eigenvalue weighted by molar-refractivity contribution is 8.00. The molecule has 4 heteroatoms. The first kappa shape index (κ1) is 12.7. The van der Waals surface area contributed by atoms with E-state index < -0.39 is 0 Å². The van der Waals surface area contributed by atoms with E-state index in [2.05, 4.69) is 5.32 Å². The van der Waals surface area contributed by atoms with Crippen molar-refractivity contribution in [2.24, 2.45) is 5.92 Å². The fourth-order valence-corrected chi connectivity index (χ4v) is 1.80. The first-order valence-electron chi connectivity index (χ1n) is 4.34. The van der Waals surface area contributed by atoms with Gasteiger partial charge in [-0.25, -0.2) is 0 Å². The van der Waals surface area contributed by atoms with E-state index in [1.165, 1.54) is 11.8 Å². The summed E-state index contributed by atoms with van der Waals surface area (Å²) < 4.78 is 0. The number of carbonyl (C=O) groups excluding carboxylic acids is 2. The molecular formula is C9H17NO2S. The van der Waals surface area contributed by atoms with Crippen LogP contribution in [0.1, 0.15) is 13.8 Å². The maximum atomic E-state index is 11.2. The number of Topliss-reactive ketones (excluding diaryl/α,β-unsaturated/α-hetero) is 1. The first-order chi connectivity index (χ1) is 6.11. The molecule has 1 unspecified atom stereocenters. The summed E-state index contributed by atoms with van der Waals surface area (Å²) in [5, 5.41) is 2.85. The molecule has 0 amide bonds. The van der Waals surface area contributed by atoms with Crippen LogP contribution in [-0.4, -0.2) is 36.7 Å². The van der Waals surface area contributed by atoms with Crippen LogP contribution in [0.4, 0.5) is 0 Å². The summed E-state index contributed by atoms with van der Waals surface area (Å²) in [4.78, 5) is 21.6. The molecule has 0 heterocycles. The van der Waals surface area contributed by atoms with Gasteiger partial charge in [0.25, 0.3) is 0 Å². The SMILES string of the molecule is CNC(C=O)CSCC(=O)C(C)C. The number of aldehydes is 1. The second-order valence-corrected chi connectivity index (χ2v) is 4.20. The van der Waals surface area contributed by atoms with Crippen LogP contribution in [0.25, 0.3) is 0 Å². The molecule has 0 aromatic rings. The second kappa shape index (κ2) is 7.09. The molecule has 0 aliphatic heterocycles. The minimum Gasteiger partial charge on any atom is -0.310 e. The van der Waals surface area contributed by atoms with E-state index in [4.69, 9.17) is 0 Å². The van der Waals surface area contributed by atoms with Crippen LogP contribution in [0, 0.1) is 5.92 Å². The van der Waals surface area contributed by atoms with E-state index in [1.807, 2.05) is 13.8 Å². The van der Waals surface area contributed by atoms with Crippen molar-refractivity contribution in [2.75, 3.05) is 18.6 Å². The van der Waals surface area contributed by atoms with Gasteiger partial charge in [0.1, 0.15) is 12.1 Å². The average Bonchev–Trinajstić information content (AvgIpc) is 2.12. The summed E-state index contributed by atoms with van der Waals surface area (Å²) in [6, 6.07) is -0.134. The molecule has 1 atom stereocenters. The normalized spacial score (nSPS) is 12.9. The van der Waals surface area contributed by atoms with Gasteiger partial charge >= 0.3 is 0 Å². The molecule has 0 fully saturated rings. The molecule has 0 spiro atoms. The zero-order chi connectivity index (χ0) is 10.3. The molecule has 0 saturated heterocycles. The number of ketones is 1. The minimum absolute atomic E-state index is 0.0942. The first-order valence-corrected chi connectivity index (χ1v) is 5.50. The van der Waals surface area contributed by atoms with Crippen molar-refractivity contribution in [3.05, 3.63) is 0 Å². The third-order valence-corrected chi connectivity index (χ3v) is 2.80. The lowest BCUT2D eigenvalue weighted by Gasteiger charge is -2.08. The molecule has 1 N–H and O–H groups in total. The fraction of sp³-hybridized carbons (Fsp3) is 0.778. The van der Waals surface area contributed by atoms with Crippen LogP contribution in [0.15, 0.2) is 0 Å². The highest BCUT2D eigenvalue weighted by atomic mass is 32.2. The maximum absolute atomic E-state index is 11.2. The van der Waals surface area contributed by atoms with Crippen molar-refractivity contribution in [1.82, 2.24) is 5.32 Å². The van der Waals surface area contributed by atoms with Crippen molar-refractivity contribution >= 4 is 23.8 Å². The summed E-state index contributed by atoms with van der Waals surface area (Å²) in [5.41, 5.74) is 0. The van der Waals surface area contributed by atoms with Crippen LogP contribution >= 0.6 is 11.8 Å². The number of hydrogen-bond acceptors (Lipinski definition) is 4. The smallest absolute Gasteiger partial charge is 0.145 e. The van der Waals surface area contributed by atoms with Gasteiger partial charge in [-0.2, -0.15) is 11.8 Å². The van der Waals surface area contributed by atoms with Gasteiger partial charge in [0.05, 0.1) is 11.8 Å². The van der Waals surface area contributed by atoms with E-state index >= 15 is 0 Å². The molecule has 76 valence electrons. The predicted octanol–water partition coefficient (Wildman–Crippen LogP) is 0.732. The maximum Gasteiger partial charge on any atom is 0.145 e. The molecule has 0 rings (SSSR count). The molecule has 13 heavy (non-hydrogen) atoms. The highest BCUT2D eigenvalue weighted by Crippen LogP contribution is 2.06. The van der Waals surface area contributed by atoms with Gasteiger partial charge in [-0.3, -0.25) is 4.79 Å². The zero-order valence-electron chi connectivity index (χ0n) is 8.37. The van der Waals surface area contributed by atoms with Crippen LogP contribution in [0.2, 0.25) is 0 Å². The number of carbonyl (C=O) groups is 2. The zero-order valence-corrected chi connectivity index (χ0v) is 9.19. The van der Waals surface area contributed by atoms with Gasteiger partial charge in [0, 0.05) is 11.7 Å². The Kier molecular flexibility index (Phi) is 6.90. The van der Waals surface area contributed by atoms with Gasteiger partial charge in [-0.05, 0) is 7.05 Å². The largest absolute Gasteiger partial charge is 0.310 e. The van der Waals surface area contributed by atoms with E-state index in [0.29, 0.717) is 11.5 Å². The molecule has 0 radical (unpaired) electrons. The number of rotatable bonds is 7. The van der Waals surface area contributed by atoms with Gasteiger partial charge in [-0.1, -0.05) is 13.8 Å².